The third-order valence-electron chi connectivity index (χ3n) is 6.99. The summed E-state index contributed by atoms with van der Waals surface area (Å²) in [5.41, 5.74) is 3.30. The van der Waals surface area contributed by atoms with Crippen LogP contribution in [0.15, 0.2) is 51.9 Å². The van der Waals surface area contributed by atoms with Crippen LogP contribution in [0.4, 0.5) is 11.5 Å². The fraction of sp³-hybridized carbons (Fsp3) is 0.375. The minimum atomic E-state index is -3.92. The van der Waals surface area contributed by atoms with Crippen LogP contribution >= 0.6 is 0 Å². The molecule has 2 aromatic carbocycles. The number of aliphatic hydroxyl groups is 1. The highest BCUT2D eigenvalue weighted by Crippen LogP contribution is 2.59. The van der Waals surface area contributed by atoms with E-state index in [1.165, 1.54) is 18.7 Å². The molecule has 6 rings (SSSR count). The van der Waals surface area contributed by atoms with Crippen LogP contribution in [0.3, 0.4) is 0 Å². The predicted molar refractivity (Wildman–Crippen MR) is 123 cm³/mol. The molecular formula is C24H25N3O5S. The molecule has 2 N–H and O–H groups in total. The van der Waals surface area contributed by atoms with Crippen molar-refractivity contribution in [3.63, 3.8) is 0 Å². The van der Waals surface area contributed by atoms with E-state index in [4.69, 9.17) is 9.26 Å². The molecule has 9 heteroatoms. The molecule has 0 bridgehead atoms. The third kappa shape index (κ3) is 3.21. The first-order valence-electron chi connectivity index (χ1n) is 11.0. The van der Waals surface area contributed by atoms with Gasteiger partial charge < -0.3 is 19.3 Å². The van der Waals surface area contributed by atoms with E-state index >= 15 is 0 Å². The fourth-order valence-corrected chi connectivity index (χ4v) is 6.36. The normalized spacial score (nSPS) is 19.4. The van der Waals surface area contributed by atoms with Crippen molar-refractivity contribution in [2.45, 2.75) is 42.1 Å². The molecule has 0 atom stereocenters. The van der Waals surface area contributed by atoms with E-state index in [-0.39, 0.29) is 21.9 Å². The molecule has 3 aliphatic rings. The van der Waals surface area contributed by atoms with E-state index in [1.54, 1.807) is 18.2 Å². The fourth-order valence-electron chi connectivity index (χ4n) is 5.16. The highest BCUT2D eigenvalue weighted by molar-refractivity contribution is 7.92. The summed E-state index contributed by atoms with van der Waals surface area (Å²) in [6.45, 7) is 2.98. The highest BCUT2D eigenvalue weighted by atomic mass is 32.2. The molecule has 2 fully saturated rings. The van der Waals surface area contributed by atoms with Gasteiger partial charge in [0.1, 0.15) is 10.6 Å². The minimum absolute atomic E-state index is 0.00249. The van der Waals surface area contributed by atoms with Crippen molar-refractivity contribution >= 4 is 21.5 Å². The molecule has 1 saturated carbocycles. The molecule has 0 radical (unpaired) electrons. The number of β-amino-alcohol motifs (C(OH)–C–C–N with tert-alkyl or cyclic N) is 1. The predicted octanol–water partition coefficient (Wildman–Crippen LogP) is 3.31. The number of hydrogen-bond donors (Lipinski definition) is 2. The summed E-state index contributed by atoms with van der Waals surface area (Å²) in [6, 6.07) is 12.8. The lowest BCUT2D eigenvalue weighted by atomic mass is 9.79. The number of ether oxygens (including phenoxy) is 1. The Labute approximate surface area is 192 Å². The van der Waals surface area contributed by atoms with Crippen LogP contribution in [0.2, 0.25) is 0 Å². The average Bonchev–Trinajstić information content (AvgIpc) is 3.44. The SMILES string of the molecule is COc1ccccc1S(=O)(=O)Nc1noc2c1CC1(CC1)c1ccc(N3CC(C)(O)C3)cc1-2. The first-order valence-corrected chi connectivity index (χ1v) is 12.5. The number of sulfonamides is 1. The molecule has 172 valence electrons. The zero-order valence-electron chi connectivity index (χ0n) is 18.5. The number of benzene rings is 2. The van der Waals surface area contributed by atoms with E-state index in [2.05, 4.69) is 33.0 Å². The maximum Gasteiger partial charge on any atom is 0.266 e. The first kappa shape index (κ1) is 20.6. The lowest BCUT2D eigenvalue weighted by Crippen LogP contribution is -2.60. The number of nitrogens with one attached hydrogen (secondary N) is 1. The highest BCUT2D eigenvalue weighted by Gasteiger charge is 2.51. The summed E-state index contributed by atoms with van der Waals surface area (Å²) in [4.78, 5) is 2.17. The second kappa shape index (κ2) is 6.74. The van der Waals surface area contributed by atoms with E-state index in [9.17, 15) is 13.5 Å². The van der Waals surface area contributed by atoms with Crippen LogP contribution in [0, 0.1) is 0 Å². The number of nitrogens with zero attached hydrogens (tertiary/aromatic N) is 2. The zero-order chi connectivity index (χ0) is 23.0. The van der Waals surface area contributed by atoms with Gasteiger partial charge in [-0.15, -0.1) is 0 Å². The quantitative estimate of drug-likeness (QED) is 0.593. The Balaban J connectivity index is 1.39. The van der Waals surface area contributed by atoms with Crippen LogP contribution in [-0.4, -0.2) is 44.5 Å². The Hall–Kier alpha value is -3.04. The van der Waals surface area contributed by atoms with Crippen LogP contribution in [0.25, 0.3) is 11.3 Å². The second-order valence-corrected chi connectivity index (χ2v) is 11.3. The topological polar surface area (TPSA) is 105 Å². The van der Waals surface area contributed by atoms with Crippen molar-refractivity contribution in [1.29, 1.82) is 0 Å². The smallest absolute Gasteiger partial charge is 0.266 e. The standard InChI is InChI=1S/C24H25N3O5S/c1-23(28)13-27(14-23)15-7-8-18-16(11-15)21-17(12-24(18)9-10-24)22(25-32-21)26-33(29,30)20-6-4-3-5-19(20)31-2/h3-8,11,28H,9-10,12-14H2,1-2H3,(H,25,26). The Morgan fingerprint density at radius 2 is 1.94 bits per heavy atom. The molecule has 2 aliphatic carbocycles. The van der Waals surface area contributed by atoms with E-state index in [1.807, 2.05) is 6.92 Å². The molecule has 1 aromatic heterocycles. The van der Waals surface area contributed by atoms with Crippen molar-refractivity contribution in [2.24, 2.45) is 0 Å². The van der Waals surface area contributed by atoms with Gasteiger partial charge in [0.25, 0.3) is 10.0 Å². The summed E-state index contributed by atoms with van der Waals surface area (Å²) in [7, 11) is -2.48. The molecule has 3 aromatic rings. The van der Waals surface area contributed by atoms with Crippen molar-refractivity contribution in [2.75, 3.05) is 29.8 Å². The summed E-state index contributed by atoms with van der Waals surface area (Å²) in [5, 5.41) is 14.3. The molecule has 1 saturated heterocycles. The van der Waals surface area contributed by atoms with Gasteiger partial charge in [0.05, 0.1) is 12.7 Å². The van der Waals surface area contributed by atoms with Crippen LogP contribution in [0.5, 0.6) is 5.75 Å². The molecular weight excluding hydrogens is 442 g/mol. The summed E-state index contributed by atoms with van der Waals surface area (Å²) in [6.07, 6.45) is 2.77. The van der Waals surface area contributed by atoms with E-state index in [0.29, 0.717) is 25.3 Å². The summed E-state index contributed by atoms with van der Waals surface area (Å²) >= 11 is 0. The van der Waals surface area contributed by atoms with Gasteiger partial charge in [-0.3, -0.25) is 4.72 Å². The van der Waals surface area contributed by atoms with Gasteiger partial charge in [-0.25, -0.2) is 8.42 Å². The molecule has 33 heavy (non-hydrogen) atoms. The summed E-state index contributed by atoms with van der Waals surface area (Å²) < 4.78 is 39.9. The number of methoxy groups -OCH3 is 1. The number of anilines is 2. The number of hydrogen-bond acceptors (Lipinski definition) is 7. The Bertz CT molecular complexity index is 1370. The van der Waals surface area contributed by atoms with Gasteiger partial charge in [0.15, 0.2) is 11.6 Å². The van der Waals surface area contributed by atoms with Gasteiger partial charge in [0, 0.05) is 35.3 Å². The molecule has 8 nitrogen and oxygen atoms in total. The Morgan fingerprint density at radius 1 is 1.18 bits per heavy atom. The van der Waals surface area contributed by atoms with Crippen molar-refractivity contribution < 1.29 is 22.8 Å². The first-order chi connectivity index (χ1) is 15.7. The van der Waals surface area contributed by atoms with Gasteiger partial charge in [0.2, 0.25) is 0 Å². The monoisotopic (exact) mass is 467 g/mol. The second-order valence-electron chi connectivity index (χ2n) is 9.64. The lowest BCUT2D eigenvalue weighted by Gasteiger charge is -2.46. The summed E-state index contributed by atoms with van der Waals surface area (Å²) in [5.74, 6) is 1.10. The van der Waals surface area contributed by atoms with Crippen LogP contribution < -0.4 is 14.4 Å². The minimum Gasteiger partial charge on any atom is -0.495 e. The van der Waals surface area contributed by atoms with Gasteiger partial charge in [-0.2, -0.15) is 0 Å². The number of aromatic nitrogens is 1. The molecule has 0 amide bonds. The molecule has 1 aliphatic heterocycles. The molecule has 1 spiro atoms. The Kier molecular flexibility index (Phi) is 4.20. The average molecular weight is 468 g/mol. The van der Waals surface area contributed by atoms with Crippen molar-refractivity contribution in [3.05, 3.63) is 53.6 Å². The maximum atomic E-state index is 13.1. The van der Waals surface area contributed by atoms with Gasteiger partial charge in [-0.05, 0) is 56.0 Å². The number of rotatable bonds is 5. The molecule has 2 heterocycles. The van der Waals surface area contributed by atoms with Crippen molar-refractivity contribution in [1.82, 2.24) is 5.16 Å². The number of fused-ring (bicyclic) bond motifs is 4. The van der Waals surface area contributed by atoms with E-state index in [0.717, 1.165) is 29.7 Å². The Morgan fingerprint density at radius 3 is 2.64 bits per heavy atom. The third-order valence-corrected chi connectivity index (χ3v) is 8.37. The van der Waals surface area contributed by atoms with Gasteiger partial charge >= 0.3 is 0 Å². The maximum absolute atomic E-state index is 13.1. The molecule has 0 unspecified atom stereocenters. The van der Waals surface area contributed by atoms with E-state index < -0.39 is 15.6 Å². The van der Waals surface area contributed by atoms with Crippen LogP contribution in [0.1, 0.15) is 30.9 Å². The van der Waals surface area contributed by atoms with Crippen LogP contribution in [-0.2, 0) is 21.9 Å². The van der Waals surface area contributed by atoms with Gasteiger partial charge in [-0.1, -0.05) is 23.4 Å². The largest absolute Gasteiger partial charge is 0.495 e. The zero-order valence-corrected chi connectivity index (χ0v) is 19.3. The lowest BCUT2D eigenvalue weighted by molar-refractivity contribution is 0.0310. The van der Waals surface area contributed by atoms with Crippen molar-refractivity contribution in [3.8, 4) is 17.1 Å². The number of para-hydroxylation sites is 1.